The topological polar surface area (TPSA) is 62.1 Å². The van der Waals surface area contributed by atoms with Crippen molar-refractivity contribution in [3.05, 3.63) is 60.2 Å². The lowest BCUT2D eigenvalue weighted by Gasteiger charge is -2.07. The summed E-state index contributed by atoms with van der Waals surface area (Å²) in [6, 6.07) is 17.8. The molecule has 94 valence electrons. The maximum absolute atomic E-state index is 11.9. The molecule has 0 saturated heterocycles. The number of rotatable bonds is 4. The van der Waals surface area contributed by atoms with Gasteiger partial charge < -0.3 is 10.1 Å². The van der Waals surface area contributed by atoms with Crippen LogP contribution in [0.3, 0.4) is 0 Å². The van der Waals surface area contributed by atoms with Crippen molar-refractivity contribution in [1.82, 2.24) is 0 Å². The van der Waals surface area contributed by atoms with E-state index in [1.54, 1.807) is 48.5 Å². The smallest absolute Gasteiger partial charge is 0.255 e. The lowest BCUT2D eigenvalue weighted by Crippen LogP contribution is -2.11. The highest BCUT2D eigenvalue weighted by molar-refractivity contribution is 6.04. The Labute approximate surface area is 111 Å². The maximum atomic E-state index is 11.9. The predicted octanol–water partition coefficient (Wildman–Crippen LogP) is 2.84. The fraction of sp³-hybridized carbons (Fsp3) is 0.0667. The van der Waals surface area contributed by atoms with Crippen LogP contribution >= 0.6 is 0 Å². The average Bonchev–Trinajstić information content (AvgIpc) is 2.46. The average molecular weight is 252 g/mol. The zero-order chi connectivity index (χ0) is 13.5. The summed E-state index contributed by atoms with van der Waals surface area (Å²) < 4.78 is 5.17. The molecule has 0 radical (unpaired) electrons. The molecule has 0 saturated carbocycles. The Morgan fingerprint density at radius 3 is 2.68 bits per heavy atom. The number of nitrogens with zero attached hydrogens (tertiary/aromatic N) is 1. The second-order valence-electron chi connectivity index (χ2n) is 3.79. The van der Waals surface area contributed by atoms with E-state index in [2.05, 4.69) is 5.32 Å². The molecular weight excluding hydrogens is 240 g/mol. The molecule has 0 fully saturated rings. The van der Waals surface area contributed by atoms with Gasteiger partial charge in [-0.05, 0) is 24.3 Å². The zero-order valence-electron chi connectivity index (χ0n) is 10.2. The minimum absolute atomic E-state index is 0.0178. The predicted molar refractivity (Wildman–Crippen MR) is 71.9 cm³/mol. The summed E-state index contributed by atoms with van der Waals surface area (Å²) in [5.41, 5.74) is 1.22. The van der Waals surface area contributed by atoms with Crippen LogP contribution in [0.2, 0.25) is 0 Å². The first-order valence-corrected chi connectivity index (χ1v) is 5.76. The summed E-state index contributed by atoms with van der Waals surface area (Å²) in [4.78, 5) is 11.9. The molecule has 0 spiro atoms. The quantitative estimate of drug-likeness (QED) is 0.910. The zero-order valence-corrected chi connectivity index (χ0v) is 10.2. The third-order valence-electron chi connectivity index (χ3n) is 2.43. The van der Waals surface area contributed by atoms with Crippen LogP contribution in [0.25, 0.3) is 0 Å². The fourth-order valence-electron chi connectivity index (χ4n) is 1.57. The molecule has 1 N–H and O–H groups in total. The fourth-order valence-corrected chi connectivity index (χ4v) is 1.57. The van der Waals surface area contributed by atoms with Crippen molar-refractivity contribution in [2.24, 2.45) is 0 Å². The minimum Gasteiger partial charge on any atom is -0.479 e. The Morgan fingerprint density at radius 1 is 1.16 bits per heavy atom. The third kappa shape index (κ3) is 3.58. The van der Waals surface area contributed by atoms with Crippen LogP contribution in [0.5, 0.6) is 5.75 Å². The molecule has 2 aromatic rings. The number of carbonyl (C=O) groups is 1. The number of amides is 1. The van der Waals surface area contributed by atoms with E-state index < -0.39 is 0 Å². The standard InChI is InChI=1S/C15H12N2O2/c16-9-10-19-14-8-4-7-13(11-14)17-15(18)12-5-2-1-3-6-12/h1-8,11H,10H2,(H,17,18). The van der Waals surface area contributed by atoms with E-state index in [0.29, 0.717) is 17.0 Å². The van der Waals surface area contributed by atoms with E-state index in [9.17, 15) is 4.79 Å². The first-order chi connectivity index (χ1) is 9.29. The van der Waals surface area contributed by atoms with E-state index in [4.69, 9.17) is 10.00 Å². The monoisotopic (exact) mass is 252 g/mol. The van der Waals surface area contributed by atoms with Gasteiger partial charge in [0.2, 0.25) is 0 Å². The van der Waals surface area contributed by atoms with E-state index >= 15 is 0 Å². The lowest BCUT2D eigenvalue weighted by atomic mass is 10.2. The van der Waals surface area contributed by atoms with E-state index in [-0.39, 0.29) is 12.5 Å². The molecule has 0 aromatic heterocycles. The summed E-state index contributed by atoms with van der Waals surface area (Å²) in [6.07, 6.45) is 0. The van der Waals surface area contributed by atoms with Gasteiger partial charge in [0.05, 0.1) is 0 Å². The first-order valence-electron chi connectivity index (χ1n) is 5.76. The van der Waals surface area contributed by atoms with Crippen molar-refractivity contribution in [3.63, 3.8) is 0 Å². The largest absolute Gasteiger partial charge is 0.479 e. The lowest BCUT2D eigenvalue weighted by molar-refractivity contribution is 0.102. The van der Waals surface area contributed by atoms with Crippen molar-refractivity contribution in [1.29, 1.82) is 5.26 Å². The number of carbonyl (C=O) groups excluding carboxylic acids is 1. The second kappa shape index (κ2) is 6.22. The highest BCUT2D eigenvalue weighted by Crippen LogP contribution is 2.18. The van der Waals surface area contributed by atoms with Crippen molar-refractivity contribution in [2.45, 2.75) is 0 Å². The summed E-state index contributed by atoms with van der Waals surface area (Å²) in [7, 11) is 0. The van der Waals surface area contributed by atoms with Crippen LogP contribution in [0.15, 0.2) is 54.6 Å². The molecule has 2 aromatic carbocycles. The molecule has 4 nitrogen and oxygen atoms in total. The van der Waals surface area contributed by atoms with Gasteiger partial charge >= 0.3 is 0 Å². The Hall–Kier alpha value is -2.80. The first kappa shape index (κ1) is 12.7. The highest BCUT2D eigenvalue weighted by atomic mass is 16.5. The molecule has 0 aliphatic carbocycles. The number of nitrogens with one attached hydrogen (secondary N) is 1. The Morgan fingerprint density at radius 2 is 1.95 bits per heavy atom. The number of anilines is 1. The van der Waals surface area contributed by atoms with Crippen LogP contribution in [0.1, 0.15) is 10.4 Å². The molecule has 1 amide bonds. The number of ether oxygens (including phenoxy) is 1. The van der Waals surface area contributed by atoms with Crippen LogP contribution in [-0.4, -0.2) is 12.5 Å². The van der Waals surface area contributed by atoms with Crippen molar-refractivity contribution < 1.29 is 9.53 Å². The molecule has 2 rings (SSSR count). The number of nitriles is 1. The Balaban J connectivity index is 2.07. The van der Waals surface area contributed by atoms with Crippen molar-refractivity contribution >= 4 is 11.6 Å². The number of benzene rings is 2. The molecule has 0 atom stereocenters. The Bertz CT molecular complexity index is 603. The van der Waals surface area contributed by atoms with E-state index in [1.165, 1.54) is 0 Å². The molecule has 0 unspecified atom stereocenters. The summed E-state index contributed by atoms with van der Waals surface area (Å²) >= 11 is 0. The molecule has 0 heterocycles. The normalized spacial score (nSPS) is 9.42. The molecule has 19 heavy (non-hydrogen) atoms. The summed E-state index contributed by atoms with van der Waals surface area (Å²) in [6.45, 7) is -0.0178. The van der Waals surface area contributed by atoms with Gasteiger partial charge in [0, 0.05) is 17.3 Å². The van der Waals surface area contributed by atoms with Gasteiger partial charge in [0.25, 0.3) is 5.91 Å². The van der Waals surface area contributed by atoms with Gasteiger partial charge in [-0.1, -0.05) is 24.3 Å². The van der Waals surface area contributed by atoms with Crippen molar-refractivity contribution in [2.75, 3.05) is 11.9 Å². The van der Waals surface area contributed by atoms with Crippen LogP contribution < -0.4 is 10.1 Å². The third-order valence-corrected chi connectivity index (χ3v) is 2.43. The summed E-state index contributed by atoms with van der Waals surface area (Å²) in [5, 5.41) is 11.2. The maximum Gasteiger partial charge on any atom is 0.255 e. The van der Waals surface area contributed by atoms with Crippen LogP contribution in [0, 0.1) is 11.3 Å². The highest BCUT2D eigenvalue weighted by Gasteiger charge is 2.05. The van der Waals surface area contributed by atoms with Crippen molar-refractivity contribution in [3.8, 4) is 11.8 Å². The SMILES string of the molecule is N#CCOc1cccc(NC(=O)c2ccccc2)c1. The van der Waals surface area contributed by atoms with E-state index in [1.807, 2.05) is 12.1 Å². The van der Waals surface area contributed by atoms with Gasteiger partial charge in [-0.15, -0.1) is 0 Å². The molecule has 0 aliphatic heterocycles. The molecule has 4 heteroatoms. The molecular formula is C15H12N2O2. The molecule has 0 aliphatic rings. The van der Waals surface area contributed by atoms with Gasteiger partial charge in [-0.3, -0.25) is 4.79 Å². The number of hydrogen-bond acceptors (Lipinski definition) is 3. The van der Waals surface area contributed by atoms with Gasteiger partial charge in [0.15, 0.2) is 6.61 Å². The number of hydrogen-bond donors (Lipinski definition) is 1. The second-order valence-corrected chi connectivity index (χ2v) is 3.79. The van der Waals surface area contributed by atoms with Gasteiger partial charge in [0.1, 0.15) is 11.8 Å². The van der Waals surface area contributed by atoms with Crippen LogP contribution in [0.4, 0.5) is 5.69 Å². The molecule has 0 bridgehead atoms. The summed E-state index contributed by atoms with van der Waals surface area (Å²) in [5.74, 6) is 0.366. The van der Waals surface area contributed by atoms with E-state index in [0.717, 1.165) is 0 Å². The van der Waals surface area contributed by atoms with Crippen LogP contribution in [-0.2, 0) is 0 Å². The minimum atomic E-state index is -0.182. The van der Waals surface area contributed by atoms with Gasteiger partial charge in [-0.2, -0.15) is 5.26 Å². The Kier molecular flexibility index (Phi) is 4.14. The van der Waals surface area contributed by atoms with Gasteiger partial charge in [-0.25, -0.2) is 0 Å².